The van der Waals surface area contributed by atoms with Gasteiger partial charge in [-0.2, -0.15) is 0 Å². The first-order valence-electron chi connectivity index (χ1n) is 5.77. The van der Waals surface area contributed by atoms with Crippen molar-refractivity contribution in [2.75, 3.05) is 0 Å². The molecule has 2 N–H and O–H groups in total. The van der Waals surface area contributed by atoms with Gasteiger partial charge in [0.05, 0.1) is 16.8 Å². The molecule has 6 heteroatoms. The third-order valence-corrected chi connectivity index (χ3v) is 4.12. The Bertz CT molecular complexity index is 765. The highest BCUT2D eigenvalue weighted by Gasteiger charge is 2.19. The van der Waals surface area contributed by atoms with E-state index in [-0.39, 0.29) is 12.1 Å². The van der Waals surface area contributed by atoms with Gasteiger partial charge >= 0.3 is 0 Å². The number of thiophene rings is 1. The summed E-state index contributed by atoms with van der Waals surface area (Å²) in [6, 6.07) is 0. The third kappa shape index (κ3) is 2.02. The monoisotopic (exact) mass is 275 g/mol. The first-order chi connectivity index (χ1) is 9.01. The average Bonchev–Trinajstić information content (AvgIpc) is 2.70. The molecule has 0 saturated heterocycles. The number of rotatable bonds is 3. The number of carbonyl (C=O) groups is 1. The van der Waals surface area contributed by atoms with Gasteiger partial charge in [0.2, 0.25) is 0 Å². The number of primary amides is 1. The molecule has 0 saturated carbocycles. The zero-order valence-electron chi connectivity index (χ0n) is 10.7. The van der Waals surface area contributed by atoms with E-state index in [1.54, 1.807) is 6.92 Å². The molecule has 0 atom stereocenters. The molecule has 5 nitrogen and oxygen atoms in total. The summed E-state index contributed by atoms with van der Waals surface area (Å²) in [7, 11) is 0. The van der Waals surface area contributed by atoms with Gasteiger partial charge in [0, 0.05) is 6.42 Å². The number of aryl methyl sites for hydroxylation is 2. The second-order valence-electron chi connectivity index (χ2n) is 4.08. The van der Waals surface area contributed by atoms with Gasteiger partial charge in [-0.1, -0.05) is 12.8 Å². The summed E-state index contributed by atoms with van der Waals surface area (Å²) in [5.41, 5.74) is 5.67. The lowest BCUT2D eigenvalue weighted by atomic mass is 10.2. The molecule has 0 fully saturated rings. The number of hydrogen-bond donors (Lipinski definition) is 1. The second-order valence-corrected chi connectivity index (χ2v) is 5.08. The molecule has 2 heterocycles. The summed E-state index contributed by atoms with van der Waals surface area (Å²) in [5, 5.41) is 0.436. The van der Waals surface area contributed by atoms with Gasteiger partial charge in [-0.25, -0.2) is 4.98 Å². The number of fused-ring (bicyclic) bond motifs is 1. The molecule has 2 aromatic heterocycles. The Morgan fingerprint density at radius 2 is 2.26 bits per heavy atom. The van der Waals surface area contributed by atoms with E-state index < -0.39 is 5.91 Å². The summed E-state index contributed by atoms with van der Waals surface area (Å²) >= 11 is 1.15. The van der Waals surface area contributed by atoms with Crippen LogP contribution in [0.3, 0.4) is 0 Å². The molecule has 98 valence electrons. The minimum Gasteiger partial charge on any atom is -0.365 e. The molecular formula is C13H13N3O2S. The van der Waals surface area contributed by atoms with E-state index in [0.29, 0.717) is 32.9 Å². The van der Waals surface area contributed by atoms with E-state index in [4.69, 9.17) is 12.2 Å². The van der Waals surface area contributed by atoms with Crippen LogP contribution in [0.4, 0.5) is 0 Å². The van der Waals surface area contributed by atoms with E-state index in [1.807, 2.05) is 6.92 Å². The van der Waals surface area contributed by atoms with Gasteiger partial charge in [0.25, 0.3) is 11.5 Å². The number of aromatic nitrogens is 2. The minimum atomic E-state index is -0.540. The molecule has 1 amide bonds. The van der Waals surface area contributed by atoms with Gasteiger partial charge in [0.15, 0.2) is 0 Å². The molecule has 0 radical (unpaired) electrons. The largest absolute Gasteiger partial charge is 0.365 e. The Balaban J connectivity index is 2.90. The SMILES string of the molecule is C#CCn1c(CC)nc2sc(C(N)=O)c(C)c2c1=O. The van der Waals surface area contributed by atoms with Crippen molar-refractivity contribution < 1.29 is 4.79 Å². The van der Waals surface area contributed by atoms with Gasteiger partial charge in [-0.15, -0.1) is 17.8 Å². The van der Waals surface area contributed by atoms with Crippen LogP contribution in [0.15, 0.2) is 4.79 Å². The van der Waals surface area contributed by atoms with Crippen molar-refractivity contribution in [1.29, 1.82) is 0 Å². The van der Waals surface area contributed by atoms with Crippen LogP contribution in [0.25, 0.3) is 10.2 Å². The Morgan fingerprint density at radius 3 is 2.79 bits per heavy atom. The maximum absolute atomic E-state index is 12.4. The Labute approximate surface area is 114 Å². The van der Waals surface area contributed by atoms with Crippen LogP contribution in [0.2, 0.25) is 0 Å². The third-order valence-electron chi connectivity index (χ3n) is 2.92. The van der Waals surface area contributed by atoms with Crippen molar-refractivity contribution in [3.8, 4) is 12.3 Å². The summed E-state index contributed by atoms with van der Waals surface area (Å²) < 4.78 is 1.47. The molecule has 0 aliphatic carbocycles. The van der Waals surface area contributed by atoms with Gasteiger partial charge in [-0.3, -0.25) is 14.2 Å². The van der Waals surface area contributed by atoms with Crippen molar-refractivity contribution in [1.82, 2.24) is 9.55 Å². The zero-order chi connectivity index (χ0) is 14.2. The maximum Gasteiger partial charge on any atom is 0.263 e. The maximum atomic E-state index is 12.4. The smallest absolute Gasteiger partial charge is 0.263 e. The van der Waals surface area contributed by atoms with Crippen LogP contribution < -0.4 is 11.3 Å². The first kappa shape index (κ1) is 13.3. The molecule has 0 aliphatic rings. The quantitative estimate of drug-likeness (QED) is 0.851. The van der Waals surface area contributed by atoms with Gasteiger partial charge in [-0.05, 0) is 12.5 Å². The average molecular weight is 275 g/mol. The summed E-state index contributed by atoms with van der Waals surface area (Å²) in [6.45, 7) is 3.77. The Kier molecular flexibility index (Phi) is 3.40. The molecule has 2 aromatic rings. The lowest BCUT2D eigenvalue weighted by Gasteiger charge is -2.07. The van der Waals surface area contributed by atoms with Crippen LogP contribution in [-0.4, -0.2) is 15.5 Å². The van der Waals surface area contributed by atoms with E-state index in [1.165, 1.54) is 4.57 Å². The fourth-order valence-corrected chi connectivity index (χ4v) is 3.06. The van der Waals surface area contributed by atoms with Crippen molar-refractivity contribution in [3.05, 3.63) is 26.6 Å². The number of nitrogens with two attached hydrogens (primary N) is 1. The molecule has 0 bridgehead atoms. The van der Waals surface area contributed by atoms with E-state index in [0.717, 1.165) is 11.3 Å². The van der Waals surface area contributed by atoms with Gasteiger partial charge in [0.1, 0.15) is 10.7 Å². The molecule has 2 rings (SSSR count). The number of hydrogen-bond acceptors (Lipinski definition) is 4. The summed E-state index contributed by atoms with van der Waals surface area (Å²) in [6.07, 6.45) is 5.87. The lowest BCUT2D eigenvalue weighted by molar-refractivity contribution is 0.100. The predicted octanol–water partition coefficient (Wildman–Crippen LogP) is 1.06. The minimum absolute atomic E-state index is 0.173. The molecule has 0 unspecified atom stereocenters. The fourth-order valence-electron chi connectivity index (χ4n) is 2.02. The molecule has 19 heavy (non-hydrogen) atoms. The standard InChI is InChI=1S/C13H13N3O2S/c1-4-6-16-8(5-2)15-12-9(13(16)18)7(3)10(19-12)11(14)17/h1H,5-6H2,2-3H3,(H2,14,17). The highest BCUT2D eigenvalue weighted by atomic mass is 32.1. The number of terminal acetylenes is 1. The van der Waals surface area contributed by atoms with Crippen LogP contribution in [-0.2, 0) is 13.0 Å². The number of amides is 1. The number of carbonyl (C=O) groups excluding carboxylic acids is 1. The predicted molar refractivity (Wildman–Crippen MR) is 75.3 cm³/mol. The van der Waals surface area contributed by atoms with Crippen molar-refractivity contribution in [2.24, 2.45) is 5.73 Å². The second kappa shape index (κ2) is 4.86. The fraction of sp³-hybridized carbons (Fsp3) is 0.308. The highest BCUT2D eigenvalue weighted by Crippen LogP contribution is 2.26. The van der Waals surface area contributed by atoms with Crippen LogP contribution in [0, 0.1) is 19.3 Å². The molecule has 0 aromatic carbocycles. The Hall–Kier alpha value is -2.13. The van der Waals surface area contributed by atoms with E-state index in [9.17, 15) is 9.59 Å². The van der Waals surface area contributed by atoms with Crippen LogP contribution in [0.1, 0.15) is 28.0 Å². The summed E-state index contributed by atoms with van der Waals surface area (Å²) in [4.78, 5) is 29.1. The molecular weight excluding hydrogens is 262 g/mol. The molecule has 0 aliphatic heterocycles. The topological polar surface area (TPSA) is 78.0 Å². The molecule has 0 spiro atoms. The summed E-state index contributed by atoms with van der Waals surface area (Å²) in [5.74, 6) is 2.53. The van der Waals surface area contributed by atoms with Crippen molar-refractivity contribution in [3.63, 3.8) is 0 Å². The van der Waals surface area contributed by atoms with Crippen LogP contribution in [0.5, 0.6) is 0 Å². The van der Waals surface area contributed by atoms with Gasteiger partial charge < -0.3 is 5.73 Å². The Morgan fingerprint density at radius 1 is 1.58 bits per heavy atom. The zero-order valence-corrected chi connectivity index (χ0v) is 11.5. The lowest BCUT2D eigenvalue weighted by Crippen LogP contribution is -2.24. The van der Waals surface area contributed by atoms with E-state index >= 15 is 0 Å². The normalized spacial score (nSPS) is 10.6. The van der Waals surface area contributed by atoms with Crippen molar-refractivity contribution in [2.45, 2.75) is 26.8 Å². The first-order valence-corrected chi connectivity index (χ1v) is 6.59. The van der Waals surface area contributed by atoms with E-state index in [2.05, 4.69) is 10.9 Å². The van der Waals surface area contributed by atoms with Crippen molar-refractivity contribution >= 4 is 27.5 Å². The van der Waals surface area contributed by atoms with Crippen LogP contribution >= 0.6 is 11.3 Å². The highest BCUT2D eigenvalue weighted by molar-refractivity contribution is 7.20. The number of nitrogens with zero attached hydrogens (tertiary/aromatic N) is 2.